The lowest BCUT2D eigenvalue weighted by Gasteiger charge is -2.00. The SMILES string of the molecule is Cl[C@H]1CCC[C@H]1Br. The van der Waals surface area contributed by atoms with Crippen LogP contribution in [0, 0.1) is 0 Å². The first-order chi connectivity index (χ1) is 3.30. The third-order valence-corrected chi connectivity index (χ3v) is 3.28. The molecule has 0 aromatic heterocycles. The molecule has 0 aliphatic heterocycles. The van der Waals surface area contributed by atoms with Gasteiger partial charge in [0.1, 0.15) is 0 Å². The first-order valence-electron chi connectivity index (χ1n) is 2.59. The molecule has 0 unspecified atom stereocenters. The average Bonchev–Trinajstić information content (AvgIpc) is 1.91. The van der Waals surface area contributed by atoms with E-state index in [1.165, 1.54) is 19.3 Å². The van der Waals surface area contributed by atoms with E-state index in [1.54, 1.807) is 0 Å². The minimum atomic E-state index is 0.403. The van der Waals surface area contributed by atoms with Crippen LogP contribution in [0.4, 0.5) is 0 Å². The van der Waals surface area contributed by atoms with Crippen molar-refractivity contribution >= 4 is 27.5 Å². The third-order valence-electron chi connectivity index (χ3n) is 1.35. The largest absolute Gasteiger partial charge is 0.122 e. The Bertz CT molecular complexity index is 57.1. The monoisotopic (exact) mass is 182 g/mol. The number of halogens is 2. The van der Waals surface area contributed by atoms with Crippen molar-refractivity contribution in [2.75, 3.05) is 0 Å². The molecule has 1 aliphatic rings. The van der Waals surface area contributed by atoms with Gasteiger partial charge in [-0.2, -0.15) is 0 Å². The van der Waals surface area contributed by atoms with Crippen LogP contribution in [0.1, 0.15) is 19.3 Å². The summed E-state index contributed by atoms with van der Waals surface area (Å²) in [5.74, 6) is 0. The number of hydrogen-bond donors (Lipinski definition) is 0. The van der Waals surface area contributed by atoms with Crippen molar-refractivity contribution < 1.29 is 0 Å². The van der Waals surface area contributed by atoms with Crippen molar-refractivity contribution in [3.63, 3.8) is 0 Å². The summed E-state index contributed by atoms with van der Waals surface area (Å²) in [6, 6.07) is 0. The highest BCUT2D eigenvalue weighted by Crippen LogP contribution is 2.29. The van der Waals surface area contributed by atoms with Crippen LogP contribution in [0.3, 0.4) is 0 Å². The molecule has 0 bridgehead atoms. The minimum Gasteiger partial charge on any atom is -0.122 e. The van der Waals surface area contributed by atoms with Crippen molar-refractivity contribution in [3.8, 4) is 0 Å². The molecule has 1 saturated carbocycles. The first-order valence-corrected chi connectivity index (χ1v) is 3.94. The van der Waals surface area contributed by atoms with Gasteiger partial charge in [-0.05, 0) is 12.8 Å². The summed E-state index contributed by atoms with van der Waals surface area (Å²) in [7, 11) is 0. The Morgan fingerprint density at radius 3 is 2.29 bits per heavy atom. The van der Waals surface area contributed by atoms with Crippen LogP contribution in [-0.4, -0.2) is 10.2 Å². The fourth-order valence-corrected chi connectivity index (χ4v) is 1.74. The van der Waals surface area contributed by atoms with E-state index in [0.29, 0.717) is 10.2 Å². The molecule has 42 valence electrons. The van der Waals surface area contributed by atoms with Crippen molar-refractivity contribution in [3.05, 3.63) is 0 Å². The molecule has 2 atom stereocenters. The molecule has 7 heavy (non-hydrogen) atoms. The lowest BCUT2D eigenvalue weighted by Crippen LogP contribution is -2.02. The Balaban J connectivity index is 2.33. The van der Waals surface area contributed by atoms with Gasteiger partial charge in [0.2, 0.25) is 0 Å². The zero-order valence-electron chi connectivity index (χ0n) is 4.03. The Morgan fingerprint density at radius 2 is 2.14 bits per heavy atom. The zero-order valence-corrected chi connectivity index (χ0v) is 6.37. The van der Waals surface area contributed by atoms with Gasteiger partial charge in [-0.3, -0.25) is 0 Å². The molecule has 0 nitrogen and oxygen atoms in total. The summed E-state index contributed by atoms with van der Waals surface area (Å²) in [5, 5.41) is 0.403. The summed E-state index contributed by atoms with van der Waals surface area (Å²) in [4.78, 5) is 0.592. The molecular formula is C5H8BrCl. The highest BCUT2D eigenvalue weighted by Gasteiger charge is 2.21. The highest BCUT2D eigenvalue weighted by molar-refractivity contribution is 9.09. The van der Waals surface area contributed by atoms with E-state index in [1.807, 2.05) is 0 Å². The molecule has 0 heterocycles. The van der Waals surface area contributed by atoms with Gasteiger partial charge in [-0.1, -0.05) is 22.4 Å². The lowest BCUT2D eigenvalue weighted by atomic mass is 10.4. The van der Waals surface area contributed by atoms with Crippen LogP contribution in [-0.2, 0) is 0 Å². The maximum absolute atomic E-state index is 5.82. The van der Waals surface area contributed by atoms with Gasteiger partial charge in [0, 0.05) is 10.2 Å². The second-order valence-corrected chi connectivity index (χ2v) is 3.70. The topological polar surface area (TPSA) is 0 Å². The first kappa shape index (κ1) is 5.90. The standard InChI is InChI=1S/C5H8BrCl/c6-4-2-1-3-5(4)7/h4-5H,1-3H2/t4-,5+/m1/s1. The van der Waals surface area contributed by atoms with E-state index in [2.05, 4.69) is 15.9 Å². The normalized spacial score (nSPS) is 42.0. The molecule has 0 spiro atoms. The van der Waals surface area contributed by atoms with E-state index >= 15 is 0 Å². The zero-order chi connectivity index (χ0) is 5.28. The van der Waals surface area contributed by atoms with Crippen LogP contribution in [0.15, 0.2) is 0 Å². The predicted octanol–water partition coefficient (Wildman–Crippen LogP) is 2.54. The van der Waals surface area contributed by atoms with Crippen molar-refractivity contribution in [1.82, 2.24) is 0 Å². The summed E-state index contributed by atoms with van der Waals surface area (Å²) in [6.45, 7) is 0. The molecule has 1 rings (SSSR count). The predicted molar refractivity (Wildman–Crippen MR) is 36.2 cm³/mol. The van der Waals surface area contributed by atoms with Gasteiger partial charge in [0.15, 0.2) is 0 Å². The van der Waals surface area contributed by atoms with Crippen LogP contribution >= 0.6 is 27.5 Å². The fraction of sp³-hybridized carbons (Fsp3) is 1.00. The Hall–Kier alpha value is 0.770. The molecule has 0 radical (unpaired) electrons. The van der Waals surface area contributed by atoms with Crippen LogP contribution in [0.2, 0.25) is 0 Å². The van der Waals surface area contributed by atoms with Gasteiger partial charge in [0.25, 0.3) is 0 Å². The van der Waals surface area contributed by atoms with Gasteiger partial charge in [0.05, 0.1) is 0 Å². The molecule has 0 N–H and O–H groups in total. The fourth-order valence-electron chi connectivity index (χ4n) is 0.870. The van der Waals surface area contributed by atoms with Gasteiger partial charge in [-0.15, -0.1) is 11.6 Å². The molecule has 1 aliphatic carbocycles. The highest BCUT2D eigenvalue weighted by atomic mass is 79.9. The van der Waals surface area contributed by atoms with Gasteiger partial charge >= 0.3 is 0 Å². The molecule has 0 aromatic rings. The van der Waals surface area contributed by atoms with E-state index in [-0.39, 0.29) is 0 Å². The van der Waals surface area contributed by atoms with Crippen molar-refractivity contribution in [2.45, 2.75) is 29.5 Å². The average molecular weight is 183 g/mol. The van der Waals surface area contributed by atoms with Crippen molar-refractivity contribution in [1.29, 1.82) is 0 Å². The minimum absolute atomic E-state index is 0.403. The summed E-state index contributed by atoms with van der Waals surface area (Å²) in [5.41, 5.74) is 0. The molecular weight excluding hydrogens is 175 g/mol. The van der Waals surface area contributed by atoms with Crippen LogP contribution in [0.5, 0.6) is 0 Å². The maximum Gasteiger partial charge on any atom is 0.0461 e. The van der Waals surface area contributed by atoms with E-state index < -0.39 is 0 Å². The molecule has 0 amide bonds. The second kappa shape index (κ2) is 2.36. The summed E-state index contributed by atoms with van der Waals surface area (Å²) >= 11 is 9.29. The smallest absolute Gasteiger partial charge is 0.0461 e. The number of rotatable bonds is 0. The molecule has 0 aromatic carbocycles. The second-order valence-electron chi connectivity index (χ2n) is 1.96. The number of alkyl halides is 2. The van der Waals surface area contributed by atoms with E-state index in [9.17, 15) is 0 Å². The van der Waals surface area contributed by atoms with E-state index in [0.717, 1.165) is 0 Å². The Morgan fingerprint density at radius 1 is 1.43 bits per heavy atom. The summed E-state index contributed by atoms with van der Waals surface area (Å²) in [6.07, 6.45) is 3.75. The lowest BCUT2D eigenvalue weighted by molar-refractivity contribution is 0.889. The Labute approximate surface area is 57.4 Å². The molecule has 0 saturated heterocycles. The Kier molecular flexibility index (Phi) is 1.99. The van der Waals surface area contributed by atoms with Gasteiger partial charge in [-0.25, -0.2) is 0 Å². The van der Waals surface area contributed by atoms with Crippen LogP contribution in [0.25, 0.3) is 0 Å². The quantitative estimate of drug-likeness (QED) is 0.506. The van der Waals surface area contributed by atoms with Crippen molar-refractivity contribution in [2.24, 2.45) is 0 Å². The van der Waals surface area contributed by atoms with Gasteiger partial charge < -0.3 is 0 Å². The number of hydrogen-bond acceptors (Lipinski definition) is 0. The summed E-state index contributed by atoms with van der Waals surface area (Å²) < 4.78 is 0. The molecule has 1 fully saturated rings. The third kappa shape index (κ3) is 1.33. The van der Waals surface area contributed by atoms with Crippen LogP contribution < -0.4 is 0 Å². The molecule has 2 heteroatoms. The maximum atomic E-state index is 5.82. The van der Waals surface area contributed by atoms with E-state index in [4.69, 9.17) is 11.6 Å².